The monoisotopic (exact) mass is 280 g/mol. The summed E-state index contributed by atoms with van der Waals surface area (Å²) < 4.78 is 5.74. The molecule has 1 saturated heterocycles. The van der Waals surface area contributed by atoms with Crippen molar-refractivity contribution in [3.05, 3.63) is 30.1 Å². The van der Waals surface area contributed by atoms with Gasteiger partial charge in [0, 0.05) is 24.6 Å². The van der Waals surface area contributed by atoms with Crippen LogP contribution in [0.4, 0.5) is 0 Å². The number of nitrogens with zero attached hydrogens (tertiary/aromatic N) is 1. The molecule has 5 heteroatoms. The Bertz CT molecular complexity index is 409. The van der Waals surface area contributed by atoms with Gasteiger partial charge in [0.15, 0.2) is 0 Å². The molecule has 1 aliphatic rings. The quantitative estimate of drug-likeness (QED) is 0.898. The van der Waals surface area contributed by atoms with Crippen LogP contribution in [0.5, 0.6) is 0 Å². The molecule has 1 unspecified atom stereocenters. The van der Waals surface area contributed by atoms with Crippen molar-refractivity contribution in [3.8, 4) is 0 Å². The molecule has 104 valence electrons. The molecule has 2 heterocycles. The van der Waals surface area contributed by atoms with E-state index in [1.54, 1.807) is 24.2 Å². The second kappa shape index (κ2) is 6.91. The van der Waals surface area contributed by atoms with Gasteiger partial charge < -0.3 is 10.1 Å². The number of amides is 1. The summed E-state index contributed by atoms with van der Waals surface area (Å²) in [6, 6.07) is 3.94. The van der Waals surface area contributed by atoms with E-state index in [9.17, 15) is 4.79 Å². The zero-order valence-electron chi connectivity index (χ0n) is 11.3. The van der Waals surface area contributed by atoms with E-state index in [4.69, 9.17) is 4.74 Å². The molecule has 4 nitrogen and oxygen atoms in total. The Labute approximate surface area is 118 Å². The van der Waals surface area contributed by atoms with Gasteiger partial charge in [-0.05, 0) is 25.2 Å². The fourth-order valence-corrected chi connectivity index (χ4v) is 2.96. The highest BCUT2D eigenvalue weighted by Gasteiger charge is 2.32. The first-order valence-electron chi connectivity index (χ1n) is 6.61. The Morgan fingerprint density at radius 1 is 1.68 bits per heavy atom. The fraction of sp³-hybridized carbons (Fsp3) is 0.571. The van der Waals surface area contributed by atoms with E-state index in [0.717, 1.165) is 18.4 Å². The van der Waals surface area contributed by atoms with Crippen LogP contribution in [0.15, 0.2) is 24.5 Å². The second-order valence-corrected chi connectivity index (χ2v) is 5.65. The Hall–Kier alpha value is -1.07. The largest absolute Gasteiger partial charge is 0.371 e. The molecular formula is C14H20N2O2S. The molecule has 3 atom stereocenters. The van der Waals surface area contributed by atoms with Crippen molar-refractivity contribution in [1.29, 1.82) is 0 Å². The van der Waals surface area contributed by atoms with Gasteiger partial charge in [0.25, 0.3) is 0 Å². The predicted octanol–water partition coefficient (Wildman–Crippen LogP) is 2.17. The van der Waals surface area contributed by atoms with Gasteiger partial charge in [-0.3, -0.25) is 9.78 Å². The van der Waals surface area contributed by atoms with E-state index in [1.165, 1.54) is 0 Å². The molecule has 0 aromatic carbocycles. The third-order valence-electron chi connectivity index (χ3n) is 3.38. The summed E-state index contributed by atoms with van der Waals surface area (Å²) in [5.74, 6) is 0.111. The lowest BCUT2D eigenvalue weighted by Crippen LogP contribution is -2.41. The summed E-state index contributed by atoms with van der Waals surface area (Å²) in [6.07, 6.45) is 7.15. The maximum atomic E-state index is 12.1. The van der Waals surface area contributed by atoms with Crippen LogP contribution in [0.2, 0.25) is 0 Å². The summed E-state index contributed by atoms with van der Waals surface area (Å²) >= 11 is 1.59. The lowest BCUT2D eigenvalue weighted by molar-refractivity contribution is -0.121. The van der Waals surface area contributed by atoms with Crippen LogP contribution in [0.25, 0.3) is 0 Å². The van der Waals surface area contributed by atoms with Gasteiger partial charge in [0.1, 0.15) is 6.10 Å². The number of carbonyl (C=O) groups is 1. The van der Waals surface area contributed by atoms with Gasteiger partial charge in [0.2, 0.25) is 5.91 Å². The van der Waals surface area contributed by atoms with Crippen molar-refractivity contribution >= 4 is 17.7 Å². The number of hydrogen-bond acceptors (Lipinski definition) is 4. The number of carbonyl (C=O) groups excluding carboxylic acids is 1. The summed E-state index contributed by atoms with van der Waals surface area (Å²) in [5, 5.41) is 3.14. The van der Waals surface area contributed by atoms with Crippen LogP contribution in [-0.4, -0.2) is 35.0 Å². The van der Waals surface area contributed by atoms with Crippen LogP contribution < -0.4 is 5.32 Å². The highest BCUT2D eigenvalue weighted by molar-refractivity contribution is 7.99. The number of rotatable bonds is 5. The van der Waals surface area contributed by atoms with E-state index in [1.807, 2.05) is 25.3 Å². The summed E-state index contributed by atoms with van der Waals surface area (Å²) in [5.41, 5.74) is 1.03. The number of thioether (sulfide) groups is 1. The number of ether oxygens (including phenoxy) is 1. The van der Waals surface area contributed by atoms with Crippen molar-refractivity contribution in [1.82, 2.24) is 10.3 Å². The van der Waals surface area contributed by atoms with Crippen LogP contribution >= 0.6 is 11.8 Å². The molecule has 1 aromatic rings. The highest BCUT2D eigenvalue weighted by Crippen LogP contribution is 2.29. The molecular weight excluding hydrogens is 260 g/mol. The topological polar surface area (TPSA) is 51.2 Å². The van der Waals surface area contributed by atoms with Crippen molar-refractivity contribution in [2.24, 2.45) is 0 Å². The zero-order valence-corrected chi connectivity index (χ0v) is 12.2. The average Bonchev–Trinajstić information content (AvgIpc) is 2.89. The molecule has 1 aliphatic heterocycles. The van der Waals surface area contributed by atoms with Crippen LogP contribution in [0.3, 0.4) is 0 Å². The zero-order chi connectivity index (χ0) is 13.7. The van der Waals surface area contributed by atoms with Gasteiger partial charge in [-0.15, -0.1) is 0 Å². The normalized spacial score (nSPS) is 24.1. The fourth-order valence-electron chi connectivity index (χ4n) is 2.34. The number of nitrogens with one attached hydrogen (secondary N) is 1. The minimum absolute atomic E-state index is 0.0233. The highest BCUT2D eigenvalue weighted by atomic mass is 32.2. The van der Waals surface area contributed by atoms with Gasteiger partial charge in [-0.2, -0.15) is 11.8 Å². The van der Waals surface area contributed by atoms with E-state index in [-0.39, 0.29) is 23.3 Å². The predicted molar refractivity (Wildman–Crippen MR) is 77.1 cm³/mol. The summed E-state index contributed by atoms with van der Waals surface area (Å²) in [6.45, 7) is 2.71. The minimum Gasteiger partial charge on any atom is -0.371 e. The van der Waals surface area contributed by atoms with Gasteiger partial charge in [-0.25, -0.2) is 0 Å². The second-order valence-electron chi connectivity index (χ2n) is 4.61. The van der Waals surface area contributed by atoms with Crippen molar-refractivity contribution in [2.75, 3.05) is 12.9 Å². The molecule has 1 aromatic heterocycles. The molecule has 0 spiro atoms. The van der Waals surface area contributed by atoms with Crippen molar-refractivity contribution in [3.63, 3.8) is 0 Å². The first kappa shape index (κ1) is 14.3. The van der Waals surface area contributed by atoms with E-state index in [2.05, 4.69) is 10.3 Å². The molecule has 2 rings (SSSR count). The molecule has 1 fully saturated rings. The SMILES string of the molecule is CCC(SC)C(=O)N[C@H]1CCO[C@@H]1c1cccnc1. The molecule has 0 bridgehead atoms. The van der Waals surface area contributed by atoms with Gasteiger partial charge in [0.05, 0.1) is 11.3 Å². The molecule has 1 amide bonds. The maximum Gasteiger partial charge on any atom is 0.233 e. The van der Waals surface area contributed by atoms with Crippen molar-refractivity contribution in [2.45, 2.75) is 37.2 Å². The van der Waals surface area contributed by atoms with Crippen LogP contribution in [-0.2, 0) is 9.53 Å². The lowest BCUT2D eigenvalue weighted by atomic mass is 10.0. The summed E-state index contributed by atoms with van der Waals surface area (Å²) in [4.78, 5) is 16.2. The van der Waals surface area contributed by atoms with Crippen molar-refractivity contribution < 1.29 is 9.53 Å². The third kappa shape index (κ3) is 3.48. The Morgan fingerprint density at radius 2 is 2.53 bits per heavy atom. The van der Waals surface area contributed by atoms with Crippen LogP contribution in [0, 0.1) is 0 Å². The summed E-state index contributed by atoms with van der Waals surface area (Å²) in [7, 11) is 0. The maximum absolute atomic E-state index is 12.1. The number of aromatic nitrogens is 1. The number of hydrogen-bond donors (Lipinski definition) is 1. The molecule has 0 radical (unpaired) electrons. The smallest absolute Gasteiger partial charge is 0.233 e. The van der Waals surface area contributed by atoms with Crippen LogP contribution in [0.1, 0.15) is 31.4 Å². The molecule has 0 aliphatic carbocycles. The molecule has 19 heavy (non-hydrogen) atoms. The first-order valence-corrected chi connectivity index (χ1v) is 7.89. The lowest BCUT2D eigenvalue weighted by Gasteiger charge is -2.22. The molecule has 1 N–H and O–H groups in total. The third-order valence-corrected chi connectivity index (χ3v) is 4.50. The number of pyridine rings is 1. The van der Waals surface area contributed by atoms with E-state index in [0.29, 0.717) is 6.61 Å². The molecule has 0 saturated carbocycles. The van der Waals surface area contributed by atoms with Gasteiger partial charge in [-0.1, -0.05) is 13.0 Å². The standard InChI is InChI=1S/C14H20N2O2S/c1-3-12(19-2)14(17)16-11-6-8-18-13(11)10-5-4-7-15-9-10/h4-5,7,9,11-13H,3,6,8H2,1-2H3,(H,16,17)/t11-,12?,13+/m0/s1. The minimum atomic E-state index is -0.0722. The average molecular weight is 280 g/mol. The first-order chi connectivity index (χ1) is 9.26. The Morgan fingerprint density at radius 3 is 3.16 bits per heavy atom. The Kier molecular flexibility index (Phi) is 5.22. The van der Waals surface area contributed by atoms with E-state index >= 15 is 0 Å². The Balaban J connectivity index is 2.02. The van der Waals surface area contributed by atoms with Gasteiger partial charge >= 0.3 is 0 Å². The van der Waals surface area contributed by atoms with E-state index < -0.39 is 0 Å².